The SMILES string of the molecule is C=CC(F)(F)S(=O)(=O)N(C)S(=O)(=O)C(F)(F)C=C. The molecule has 0 fully saturated rings. The third-order valence-corrected chi connectivity index (χ3v) is 6.08. The summed E-state index contributed by atoms with van der Waals surface area (Å²) in [4.78, 5) is 0. The molecule has 0 rings (SSSR count). The molecule has 0 amide bonds. The minimum atomic E-state index is -5.87. The highest BCUT2D eigenvalue weighted by Gasteiger charge is 2.55. The first-order valence-corrected chi connectivity index (χ1v) is 6.92. The number of nitrogens with zero attached hydrogens (tertiary/aromatic N) is 1. The molecule has 0 bridgehead atoms. The molecular weight excluding hydrogens is 302 g/mol. The Kier molecular flexibility index (Phi) is 4.38. The van der Waals surface area contributed by atoms with E-state index in [2.05, 4.69) is 13.2 Å². The van der Waals surface area contributed by atoms with Gasteiger partial charge in [-0.05, 0) is 12.2 Å². The molecule has 18 heavy (non-hydrogen) atoms. The summed E-state index contributed by atoms with van der Waals surface area (Å²) in [5.41, 5.74) is 0. The Morgan fingerprint density at radius 3 is 1.28 bits per heavy atom. The molecule has 0 saturated carbocycles. The van der Waals surface area contributed by atoms with Crippen LogP contribution in [0.15, 0.2) is 25.3 Å². The summed E-state index contributed by atoms with van der Waals surface area (Å²) >= 11 is 0. The van der Waals surface area contributed by atoms with Gasteiger partial charge >= 0.3 is 10.5 Å². The van der Waals surface area contributed by atoms with Gasteiger partial charge in [-0.1, -0.05) is 16.9 Å². The zero-order valence-electron chi connectivity index (χ0n) is 8.98. The Balaban J connectivity index is 5.94. The van der Waals surface area contributed by atoms with Crippen molar-refractivity contribution >= 4 is 20.0 Å². The van der Waals surface area contributed by atoms with Crippen molar-refractivity contribution in [3.63, 3.8) is 0 Å². The van der Waals surface area contributed by atoms with E-state index in [4.69, 9.17) is 0 Å². The summed E-state index contributed by atoms with van der Waals surface area (Å²) in [7, 11) is -11.7. The van der Waals surface area contributed by atoms with Crippen molar-refractivity contribution < 1.29 is 34.4 Å². The molecule has 0 aromatic heterocycles. The average molecular weight is 311 g/mol. The smallest absolute Gasteiger partial charge is 0.204 e. The van der Waals surface area contributed by atoms with Gasteiger partial charge in [0, 0.05) is 7.05 Å². The number of halogens is 4. The van der Waals surface area contributed by atoms with Gasteiger partial charge in [0.15, 0.2) is 0 Å². The van der Waals surface area contributed by atoms with E-state index >= 15 is 0 Å². The third-order valence-electron chi connectivity index (χ3n) is 1.84. The molecule has 0 atom stereocenters. The maximum atomic E-state index is 12.9. The van der Waals surface area contributed by atoms with Crippen molar-refractivity contribution in [3.8, 4) is 0 Å². The van der Waals surface area contributed by atoms with E-state index in [1.807, 2.05) is 0 Å². The molecular formula is C7H9F4NO4S2. The van der Waals surface area contributed by atoms with Gasteiger partial charge in [-0.15, -0.1) is 0 Å². The molecule has 0 N–H and O–H groups in total. The van der Waals surface area contributed by atoms with Gasteiger partial charge in [0.05, 0.1) is 0 Å². The highest BCUT2D eigenvalue weighted by molar-refractivity contribution is 8.05. The largest absolute Gasteiger partial charge is 0.378 e. The lowest BCUT2D eigenvalue weighted by molar-refractivity contribution is 0.133. The second-order valence-corrected chi connectivity index (χ2v) is 7.24. The van der Waals surface area contributed by atoms with Crippen LogP contribution in [0.3, 0.4) is 0 Å². The Labute approximate surface area is 101 Å². The van der Waals surface area contributed by atoms with E-state index in [0.717, 1.165) is 0 Å². The Morgan fingerprint density at radius 1 is 0.889 bits per heavy atom. The van der Waals surface area contributed by atoms with Crippen LogP contribution in [0.1, 0.15) is 0 Å². The van der Waals surface area contributed by atoms with Gasteiger partial charge in [0.2, 0.25) is 0 Å². The molecule has 0 aromatic carbocycles. The summed E-state index contributed by atoms with van der Waals surface area (Å²) in [5.74, 6) is 0. The van der Waals surface area contributed by atoms with E-state index in [9.17, 15) is 34.4 Å². The Bertz CT molecular complexity index is 502. The number of hydrogen-bond donors (Lipinski definition) is 0. The van der Waals surface area contributed by atoms with Crippen LogP contribution in [0.2, 0.25) is 0 Å². The first-order chi connectivity index (χ1) is 7.78. The van der Waals surface area contributed by atoms with Gasteiger partial charge in [0.25, 0.3) is 20.0 Å². The Morgan fingerprint density at radius 2 is 1.11 bits per heavy atom. The van der Waals surface area contributed by atoms with Crippen LogP contribution in [-0.4, -0.2) is 38.1 Å². The lowest BCUT2D eigenvalue weighted by atomic mass is 10.7. The predicted molar refractivity (Wildman–Crippen MR) is 55.9 cm³/mol. The highest BCUT2D eigenvalue weighted by atomic mass is 32.3. The molecule has 0 unspecified atom stereocenters. The molecule has 0 heterocycles. The van der Waals surface area contributed by atoms with Crippen molar-refractivity contribution in [1.29, 1.82) is 0 Å². The number of alkyl halides is 4. The molecule has 0 aliphatic carbocycles. The van der Waals surface area contributed by atoms with Crippen molar-refractivity contribution in [3.05, 3.63) is 25.3 Å². The van der Waals surface area contributed by atoms with Crippen LogP contribution in [0.5, 0.6) is 0 Å². The third kappa shape index (κ3) is 2.42. The molecule has 0 radical (unpaired) electrons. The number of rotatable bonds is 6. The van der Waals surface area contributed by atoms with E-state index < -0.39 is 34.3 Å². The normalized spacial score (nSPS) is 14.6. The summed E-state index contributed by atoms with van der Waals surface area (Å²) < 4.78 is 95.2. The lowest BCUT2D eigenvalue weighted by Crippen LogP contribution is -2.48. The number of hydrogen-bond acceptors (Lipinski definition) is 4. The van der Waals surface area contributed by atoms with Crippen molar-refractivity contribution in [2.75, 3.05) is 7.05 Å². The second kappa shape index (κ2) is 4.63. The monoisotopic (exact) mass is 311 g/mol. The summed E-state index contributed by atoms with van der Waals surface area (Å²) in [6.45, 7) is 4.97. The van der Waals surface area contributed by atoms with Gasteiger partial charge in [0.1, 0.15) is 0 Å². The maximum absolute atomic E-state index is 12.9. The Hall–Kier alpha value is -0.940. The molecule has 0 aliphatic heterocycles. The van der Waals surface area contributed by atoms with Gasteiger partial charge in [-0.2, -0.15) is 17.6 Å². The first kappa shape index (κ1) is 17.1. The van der Waals surface area contributed by atoms with Crippen LogP contribution >= 0.6 is 0 Å². The van der Waals surface area contributed by atoms with Gasteiger partial charge < -0.3 is 0 Å². The molecule has 0 aromatic rings. The quantitative estimate of drug-likeness (QED) is 0.545. The van der Waals surface area contributed by atoms with Crippen LogP contribution < -0.4 is 0 Å². The standard InChI is InChI=1S/C7H9F4NO4S2/c1-4-6(8,9)17(13,14)12(3)18(15,16)7(10,11)5-2/h4-5H,1-2H2,3H3. The van der Waals surface area contributed by atoms with Gasteiger partial charge in [-0.3, -0.25) is 0 Å². The molecule has 5 nitrogen and oxygen atoms in total. The fourth-order valence-corrected chi connectivity index (χ4v) is 3.42. The fourth-order valence-electron chi connectivity index (χ4n) is 0.683. The summed E-state index contributed by atoms with van der Waals surface area (Å²) in [5, 5.41) is -9.40. The van der Waals surface area contributed by atoms with Crippen molar-refractivity contribution in [2.24, 2.45) is 0 Å². The van der Waals surface area contributed by atoms with Crippen molar-refractivity contribution in [2.45, 2.75) is 10.5 Å². The summed E-state index contributed by atoms with van der Waals surface area (Å²) in [6, 6.07) is 0. The van der Waals surface area contributed by atoms with Crippen LogP contribution in [0.25, 0.3) is 0 Å². The minimum Gasteiger partial charge on any atom is -0.204 e. The first-order valence-electron chi connectivity index (χ1n) is 4.04. The molecule has 0 aliphatic rings. The highest BCUT2D eigenvalue weighted by Crippen LogP contribution is 2.33. The lowest BCUT2D eigenvalue weighted by Gasteiger charge is -2.24. The van der Waals surface area contributed by atoms with E-state index in [-0.39, 0.29) is 19.2 Å². The minimum absolute atomic E-state index is 0.0689. The molecule has 106 valence electrons. The van der Waals surface area contributed by atoms with Crippen LogP contribution in [0.4, 0.5) is 17.6 Å². The number of sulfonamides is 2. The average Bonchev–Trinajstić information content (AvgIpc) is 2.27. The van der Waals surface area contributed by atoms with Crippen LogP contribution in [-0.2, 0) is 20.0 Å². The molecule has 11 heteroatoms. The summed E-state index contributed by atoms with van der Waals surface area (Å²) in [6.07, 6.45) is -0.749. The fraction of sp³-hybridized carbons (Fsp3) is 0.429. The molecule has 0 saturated heterocycles. The zero-order chi connectivity index (χ0) is 15.0. The second-order valence-electron chi connectivity index (χ2n) is 2.92. The maximum Gasteiger partial charge on any atom is 0.378 e. The van der Waals surface area contributed by atoms with Crippen LogP contribution in [0, 0.1) is 0 Å². The van der Waals surface area contributed by atoms with Crippen molar-refractivity contribution in [1.82, 2.24) is 3.71 Å². The van der Waals surface area contributed by atoms with E-state index in [0.29, 0.717) is 0 Å². The topological polar surface area (TPSA) is 71.5 Å². The zero-order valence-corrected chi connectivity index (χ0v) is 10.6. The molecule has 0 spiro atoms. The predicted octanol–water partition coefficient (Wildman–Crippen LogP) is 1.14. The van der Waals surface area contributed by atoms with Gasteiger partial charge in [-0.25, -0.2) is 16.8 Å². The van der Waals surface area contributed by atoms with E-state index in [1.54, 1.807) is 0 Å². The van der Waals surface area contributed by atoms with E-state index in [1.165, 1.54) is 0 Å².